The smallest absolute Gasteiger partial charge is 0.255 e. The molecule has 1 atom stereocenters. The van der Waals surface area contributed by atoms with Crippen LogP contribution < -0.4 is 24.8 Å². The van der Waals surface area contributed by atoms with Crippen molar-refractivity contribution in [2.24, 2.45) is 0 Å². The predicted molar refractivity (Wildman–Crippen MR) is 162 cm³/mol. The van der Waals surface area contributed by atoms with Crippen molar-refractivity contribution in [2.45, 2.75) is 40.3 Å². The number of aromatic nitrogens is 3. The van der Waals surface area contributed by atoms with Gasteiger partial charge >= 0.3 is 0 Å². The van der Waals surface area contributed by atoms with E-state index >= 15 is 0 Å². The van der Waals surface area contributed by atoms with Gasteiger partial charge in [0.25, 0.3) is 5.91 Å². The Hall–Kier alpha value is -4.31. The molecular weight excluding hydrogens is 586 g/mol. The van der Waals surface area contributed by atoms with E-state index in [1.165, 1.54) is 11.9 Å². The molecule has 41 heavy (non-hydrogen) atoms. The van der Waals surface area contributed by atoms with Crippen LogP contribution in [0.4, 0.5) is 11.6 Å². The molecule has 0 radical (unpaired) electrons. The van der Waals surface area contributed by atoms with E-state index < -0.39 is 6.04 Å². The molecule has 1 amide bonds. The molecule has 9 nitrogen and oxygen atoms in total. The van der Waals surface area contributed by atoms with Gasteiger partial charge in [0.1, 0.15) is 24.7 Å². The van der Waals surface area contributed by atoms with Crippen LogP contribution in [0.5, 0.6) is 17.2 Å². The second-order valence-electron chi connectivity index (χ2n) is 9.51. The zero-order chi connectivity index (χ0) is 28.9. The number of nitrogens with one attached hydrogen (secondary N) is 2. The number of carbonyl (C=O) groups excluding carboxylic acids is 1. The van der Waals surface area contributed by atoms with Crippen LogP contribution >= 0.6 is 15.9 Å². The molecule has 1 unspecified atom stereocenters. The highest BCUT2D eigenvalue weighted by Gasteiger charge is 2.35. The highest BCUT2D eigenvalue weighted by molar-refractivity contribution is 9.10. The maximum atomic E-state index is 13.9. The number of hydrogen-bond acceptors (Lipinski definition) is 7. The second-order valence-corrected chi connectivity index (χ2v) is 10.4. The van der Waals surface area contributed by atoms with Crippen molar-refractivity contribution in [2.75, 3.05) is 23.8 Å². The van der Waals surface area contributed by atoms with Gasteiger partial charge < -0.3 is 24.8 Å². The third kappa shape index (κ3) is 6.07. The number of fused-ring (bicyclic) bond motifs is 1. The highest BCUT2D eigenvalue weighted by atomic mass is 79.9. The van der Waals surface area contributed by atoms with Crippen LogP contribution in [0, 0.1) is 6.92 Å². The Bertz CT molecular complexity index is 1580. The molecule has 2 heterocycles. The van der Waals surface area contributed by atoms with Crippen LogP contribution in [0.3, 0.4) is 0 Å². The van der Waals surface area contributed by atoms with Crippen molar-refractivity contribution < 1.29 is 19.0 Å². The Morgan fingerprint density at radius 3 is 2.49 bits per heavy atom. The summed E-state index contributed by atoms with van der Waals surface area (Å²) in [7, 11) is 0. The Labute approximate surface area is 247 Å². The zero-order valence-corrected chi connectivity index (χ0v) is 25.0. The molecule has 4 aromatic rings. The summed E-state index contributed by atoms with van der Waals surface area (Å²) in [5.41, 5.74) is 4.74. The monoisotopic (exact) mass is 617 g/mol. The summed E-state index contributed by atoms with van der Waals surface area (Å²) in [6, 6.07) is 18.8. The van der Waals surface area contributed by atoms with Crippen LogP contribution in [0.15, 0.2) is 82.7 Å². The van der Waals surface area contributed by atoms with E-state index in [9.17, 15) is 4.79 Å². The normalized spacial score (nSPS) is 14.2. The molecule has 0 saturated carbocycles. The van der Waals surface area contributed by atoms with E-state index in [0.29, 0.717) is 64.4 Å². The van der Waals surface area contributed by atoms with E-state index in [2.05, 4.69) is 55.7 Å². The van der Waals surface area contributed by atoms with Gasteiger partial charge in [-0.15, -0.1) is 0 Å². The van der Waals surface area contributed by atoms with Crippen molar-refractivity contribution in [1.29, 1.82) is 0 Å². The lowest BCUT2D eigenvalue weighted by molar-refractivity contribution is -0.113. The van der Waals surface area contributed by atoms with Crippen LogP contribution in [0.2, 0.25) is 0 Å². The van der Waals surface area contributed by atoms with Gasteiger partial charge in [-0.1, -0.05) is 42.0 Å². The van der Waals surface area contributed by atoms with Gasteiger partial charge in [-0.2, -0.15) is 10.1 Å². The Kier molecular flexibility index (Phi) is 8.58. The van der Waals surface area contributed by atoms with Gasteiger partial charge in [-0.05, 0) is 79.0 Å². The second kappa shape index (κ2) is 12.5. The van der Waals surface area contributed by atoms with Crippen molar-refractivity contribution in [3.05, 3.63) is 99.4 Å². The average Bonchev–Trinajstić information content (AvgIpc) is 3.42. The molecular formula is C31H32BrN5O4. The lowest BCUT2D eigenvalue weighted by atomic mass is 9.94. The molecule has 0 fully saturated rings. The third-order valence-corrected chi connectivity index (χ3v) is 7.21. The van der Waals surface area contributed by atoms with Crippen molar-refractivity contribution in [3.63, 3.8) is 0 Å². The topological polar surface area (TPSA) is 99.5 Å². The molecule has 3 aromatic carbocycles. The number of ether oxygens (including phenoxy) is 3. The Morgan fingerprint density at radius 2 is 1.73 bits per heavy atom. The summed E-state index contributed by atoms with van der Waals surface area (Å²) in [5.74, 6) is 1.99. The average molecular weight is 619 g/mol. The quantitative estimate of drug-likeness (QED) is 0.205. The fraction of sp³-hybridized carbons (Fsp3) is 0.258. The molecule has 0 aliphatic carbocycles. The lowest BCUT2D eigenvalue weighted by Crippen LogP contribution is -2.31. The molecule has 2 N–H and O–H groups in total. The zero-order valence-electron chi connectivity index (χ0n) is 23.4. The summed E-state index contributed by atoms with van der Waals surface area (Å²) >= 11 is 3.70. The van der Waals surface area contributed by atoms with Gasteiger partial charge in [0.05, 0.1) is 28.9 Å². The molecule has 0 saturated heterocycles. The van der Waals surface area contributed by atoms with Crippen molar-refractivity contribution in [1.82, 2.24) is 14.8 Å². The van der Waals surface area contributed by atoms with E-state index in [1.807, 2.05) is 69.3 Å². The summed E-state index contributed by atoms with van der Waals surface area (Å²) < 4.78 is 20.4. The number of para-hydroxylation sites is 2. The molecule has 10 heteroatoms. The minimum atomic E-state index is -0.588. The first-order chi connectivity index (χ1) is 19.9. The molecule has 5 rings (SSSR count). The summed E-state index contributed by atoms with van der Waals surface area (Å²) in [4.78, 5) is 18.3. The maximum Gasteiger partial charge on any atom is 0.255 e. The third-order valence-electron chi connectivity index (χ3n) is 6.63. The Morgan fingerprint density at radius 1 is 1.00 bits per heavy atom. The lowest BCUT2D eigenvalue weighted by Gasteiger charge is -2.29. The predicted octanol–water partition coefficient (Wildman–Crippen LogP) is 6.65. The molecule has 0 spiro atoms. The van der Waals surface area contributed by atoms with Crippen molar-refractivity contribution >= 4 is 33.5 Å². The molecule has 1 aliphatic heterocycles. The first-order valence-electron chi connectivity index (χ1n) is 13.4. The van der Waals surface area contributed by atoms with Crippen LogP contribution in [-0.2, 0) is 11.4 Å². The van der Waals surface area contributed by atoms with Crippen LogP contribution in [-0.4, -0.2) is 33.9 Å². The summed E-state index contributed by atoms with van der Waals surface area (Å²) in [5, 5.41) is 10.7. The largest absolute Gasteiger partial charge is 0.492 e. The van der Waals surface area contributed by atoms with Gasteiger partial charge in [0.15, 0.2) is 11.5 Å². The number of amides is 1. The van der Waals surface area contributed by atoms with Crippen LogP contribution in [0.1, 0.15) is 43.5 Å². The number of anilines is 2. The highest BCUT2D eigenvalue weighted by Crippen LogP contribution is 2.43. The number of nitrogens with zero attached hydrogens (tertiary/aromatic N) is 3. The fourth-order valence-electron chi connectivity index (χ4n) is 4.72. The standard InChI is InChI=1S/C31H32BrN5O4/c1-5-39-25-10-8-7-9-24(25)36-30(38)27-20(4)35-31-33-18-34-37(31)28(27)22-15-23(32)29(26(16-22)40-6-2)41-17-21-13-11-19(3)12-14-21/h7-16,18,28H,5-6,17H2,1-4H3,(H,36,38)(H,33,34,35). The van der Waals surface area contributed by atoms with E-state index in [4.69, 9.17) is 14.2 Å². The Balaban J connectivity index is 1.52. The minimum Gasteiger partial charge on any atom is -0.492 e. The number of carbonyl (C=O) groups is 1. The van der Waals surface area contributed by atoms with E-state index in [0.717, 1.165) is 11.1 Å². The van der Waals surface area contributed by atoms with E-state index in [-0.39, 0.29) is 5.91 Å². The van der Waals surface area contributed by atoms with Crippen molar-refractivity contribution in [3.8, 4) is 17.2 Å². The van der Waals surface area contributed by atoms with Gasteiger partial charge in [0, 0.05) is 5.70 Å². The fourth-order valence-corrected chi connectivity index (χ4v) is 5.30. The van der Waals surface area contributed by atoms with Gasteiger partial charge in [0.2, 0.25) is 5.95 Å². The number of benzene rings is 3. The maximum absolute atomic E-state index is 13.9. The van der Waals surface area contributed by atoms with Gasteiger partial charge in [-0.25, -0.2) is 4.68 Å². The molecule has 212 valence electrons. The minimum absolute atomic E-state index is 0.290. The molecule has 1 aliphatic rings. The first-order valence-corrected chi connectivity index (χ1v) is 14.2. The molecule has 0 bridgehead atoms. The van der Waals surface area contributed by atoms with Crippen LogP contribution in [0.25, 0.3) is 0 Å². The molecule has 1 aromatic heterocycles. The first kappa shape index (κ1) is 28.2. The SMILES string of the molecule is CCOc1ccccc1NC(=O)C1=C(C)Nc2ncnn2C1c1cc(Br)c(OCc2ccc(C)cc2)c(OCC)c1. The van der Waals surface area contributed by atoms with E-state index in [1.54, 1.807) is 4.68 Å². The van der Waals surface area contributed by atoms with Gasteiger partial charge in [-0.3, -0.25) is 4.79 Å². The number of halogens is 1. The summed E-state index contributed by atoms with van der Waals surface area (Å²) in [6.07, 6.45) is 1.46. The number of allylic oxidation sites excluding steroid dienone is 1. The number of rotatable bonds is 10. The summed E-state index contributed by atoms with van der Waals surface area (Å²) in [6.45, 7) is 9.03. The number of hydrogen-bond donors (Lipinski definition) is 2. The number of aryl methyl sites for hydroxylation is 1.